The Kier molecular flexibility index (Phi) is 9.24. The number of rotatable bonds is 6. The Bertz CT molecular complexity index is 543. The molecule has 0 aliphatic heterocycles. The molecule has 2 heteroatoms. The third-order valence-corrected chi connectivity index (χ3v) is 3.27. The molecular weight excluding hydrogens is 284 g/mol. The molecule has 0 aliphatic carbocycles. The van der Waals surface area contributed by atoms with Gasteiger partial charge in [-0.05, 0) is 44.8 Å². The van der Waals surface area contributed by atoms with Crippen molar-refractivity contribution in [1.82, 2.24) is 0 Å². The second-order valence-corrected chi connectivity index (χ2v) is 7.02. The molecule has 0 radical (unpaired) electrons. The van der Waals surface area contributed by atoms with E-state index < -0.39 is 0 Å². The summed E-state index contributed by atoms with van der Waals surface area (Å²) in [6.07, 6.45) is 12.3. The summed E-state index contributed by atoms with van der Waals surface area (Å²) >= 11 is 0. The van der Waals surface area contributed by atoms with E-state index in [2.05, 4.69) is 59.8 Å². The molecule has 0 aliphatic rings. The molecule has 0 aromatic rings. The third-order valence-electron chi connectivity index (χ3n) is 3.27. The van der Waals surface area contributed by atoms with Gasteiger partial charge < -0.3 is 4.74 Å². The van der Waals surface area contributed by atoms with Crippen LogP contribution in [0.15, 0.2) is 58.7 Å². The summed E-state index contributed by atoms with van der Waals surface area (Å²) in [5.41, 5.74) is 5.13. The van der Waals surface area contributed by atoms with E-state index in [1.54, 1.807) is 0 Å². The zero-order valence-electron chi connectivity index (χ0n) is 16.0. The van der Waals surface area contributed by atoms with Gasteiger partial charge >= 0.3 is 5.97 Å². The number of hydrogen-bond donors (Lipinski definition) is 0. The summed E-state index contributed by atoms with van der Waals surface area (Å²) in [5, 5.41) is 0. The minimum Gasteiger partial charge on any atom is -0.462 e. The van der Waals surface area contributed by atoms with E-state index in [9.17, 15) is 4.79 Å². The van der Waals surface area contributed by atoms with Gasteiger partial charge in [-0.3, -0.25) is 4.79 Å². The van der Waals surface area contributed by atoms with E-state index in [1.807, 2.05) is 25.2 Å². The lowest BCUT2D eigenvalue weighted by molar-refractivity contribution is -0.139. The fourth-order valence-corrected chi connectivity index (χ4v) is 2.15. The van der Waals surface area contributed by atoms with Gasteiger partial charge in [0.2, 0.25) is 0 Å². The highest BCUT2D eigenvalue weighted by molar-refractivity contribution is 5.66. The quantitative estimate of drug-likeness (QED) is 0.448. The maximum absolute atomic E-state index is 10.7. The molecule has 0 aromatic carbocycles. The van der Waals surface area contributed by atoms with E-state index >= 15 is 0 Å². The fourth-order valence-electron chi connectivity index (χ4n) is 2.15. The Morgan fingerprint density at radius 3 is 2.00 bits per heavy atom. The molecule has 0 bridgehead atoms. The van der Waals surface area contributed by atoms with Crippen molar-refractivity contribution in [2.75, 3.05) is 6.61 Å². The first kappa shape index (κ1) is 21.2. The van der Waals surface area contributed by atoms with Crippen molar-refractivity contribution in [3.05, 3.63) is 58.7 Å². The highest BCUT2D eigenvalue weighted by Crippen LogP contribution is 2.29. The SMILES string of the molecule is CC(=O)OC/C=C(C)/C=C/C=C(C)/C=C/C(=C(C)C)C(C)(C)C. The maximum Gasteiger partial charge on any atom is 0.302 e. The second kappa shape index (κ2) is 10.0. The van der Waals surface area contributed by atoms with E-state index in [0.29, 0.717) is 6.61 Å². The van der Waals surface area contributed by atoms with Gasteiger partial charge in [0.05, 0.1) is 0 Å². The zero-order chi connectivity index (χ0) is 18.0. The monoisotopic (exact) mass is 316 g/mol. The fraction of sp³-hybridized carbons (Fsp3) is 0.476. The first-order valence-electron chi connectivity index (χ1n) is 8.05. The van der Waals surface area contributed by atoms with Gasteiger partial charge in [0.25, 0.3) is 0 Å². The Morgan fingerprint density at radius 1 is 0.913 bits per heavy atom. The Labute approximate surface area is 142 Å². The summed E-state index contributed by atoms with van der Waals surface area (Å²) in [6.45, 7) is 16.8. The number of ether oxygens (including phenoxy) is 1. The molecule has 0 amide bonds. The van der Waals surface area contributed by atoms with Crippen LogP contribution in [0.25, 0.3) is 0 Å². The molecule has 0 unspecified atom stereocenters. The van der Waals surface area contributed by atoms with Gasteiger partial charge in [0.15, 0.2) is 0 Å². The van der Waals surface area contributed by atoms with Crippen LogP contribution < -0.4 is 0 Å². The van der Waals surface area contributed by atoms with Crippen molar-refractivity contribution < 1.29 is 9.53 Å². The van der Waals surface area contributed by atoms with Gasteiger partial charge in [-0.1, -0.05) is 67.9 Å². The van der Waals surface area contributed by atoms with Crippen LogP contribution in [-0.2, 0) is 9.53 Å². The van der Waals surface area contributed by atoms with E-state index in [4.69, 9.17) is 4.74 Å². The van der Waals surface area contributed by atoms with Crippen LogP contribution in [0.5, 0.6) is 0 Å². The zero-order valence-corrected chi connectivity index (χ0v) is 16.0. The third kappa shape index (κ3) is 10.5. The largest absolute Gasteiger partial charge is 0.462 e. The van der Waals surface area contributed by atoms with Crippen molar-refractivity contribution >= 4 is 5.97 Å². The number of hydrogen-bond acceptors (Lipinski definition) is 2. The average Bonchev–Trinajstić information content (AvgIpc) is 2.36. The predicted octanol–water partition coefficient (Wildman–Crippen LogP) is 5.94. The molecule has 0 saturated heterocycles. The van der Waals surface area contributed by atoms with Crippen LogP contribution in [0.4, 0.5) is 0 Å². The van der Waals surface area contributed by atoms with E-state index in [0.717, 1.165) is 5.57 Å². The van der Waals surface area contributed by atoms with Crippen LogP contribution in [0.3, 0.4) is 0 Å². The molecule has 0 spiro atoms. The van der Waals surface area contributed by atoms with Crippen LogP contribution in [-0.4, -0.2) is 12.6 Å². The molecule has 0 atom stereocenters. The van der Waals surface area contributed by atoms with Gasteiger partial charge in [0.1, 0.15) is 6.61 Å². The summed E-state index contributed by atoms with van der Waals surface area (Å²) in [4.78, 5) is 10.7. The smallest absolute Gasteiger partial charge is 0.302 e. The molecule has 128 valence electrons. The van der Waals surface area contributed by atoms with Crippen LogP contribution in [0, 0.1) is 5.41 Å². The van der Waals surface area contributed by atoms with Gasteiger partial charge in [-0.25, -0.2) is 0 Å². The number of allylic oxidation sites excluding steroid dienone is 9. The molecule has 23 heavy (non-hydrogen) atoms. The first-order chi connectivity index (χ1) is 10.5. The van der Waals surface area contributed by atoms with Crippen LogP contribution in [0.2, 0.25) is 0 Å². The average molecular weight is 316 g/mol. The minimum absolute atomic E-state index is 0.154. The molecule has 0 N–H and O–H groups in total. The molecule has 0 aromatic heterocycles. The number of carbonyl (C=O) groups is 1. The standard InChI is InChI=1S/C21H32O2/c1-16(2)20(21(6,7)8)13-12-17(3)10-9-11-18(4)14-15-23-19(5)22/h9-14H,15H2,1-8H3/b11-9+,13-12+,17-10+,18-14+. The second-order valence-electron chi connectivity index (χ2n) is 7.02. The van der Waals surface area contributed by atoms with E-state index in [-0.39, 0.29) is 11.4 Å². The summed E-state index contributed by atoms with van der Waals surface area (Å²) in [7, 11) is 0. The van der Waals surface area contributed by atoms with Crippen LogP contribution >= 0.6 is 0 Å². The Morgan fingerprint density at radius 2 is 1.52 bits per heavy atom. The minimum atomic E-state index is -0.257. The van der Waals surface area contributed by atoms with Gasteiger partial charge in [0, 0.05) is 6.92 Å². The Balaban J connectivity index is 4.80. The summed E-state index contributed by atoms with van der Waals surface area (Å²) in [6, 6.07) is 0. The van der Waals surface area contributed by atoms with Gasteiger partial charge in [-0.2, -0.15) is 0 Å². The summed E-state index contributed by atoms with van der Waals surface area (Å²) < 4.78 is 4.88. The lowest BCUT2D eigenvalue weighted by Crippen LogP contribution is -2.08. The van der Waals surface area contributed by atoms with Crippen molar-refractivity contribution in [1.29, 1.82) is 0 Å². The van der Waals surface area contributed by atoms with Crippen molar-refractivity contribution in [3.63, 3.8) is 0 Å². The molecule has 0 heterocycles. The van der Waals surface area contributed by atoms with Crippen molar-refractivity contribution in [3.8, 4) is 0 Å². The number of esters is 1. The molecule has 2 nitrogen and oxygen atoms in total. The van der Waals surface area contributed by atoms with Crippen molar-refractivity contribution in [2.24, 2.45) is 5.41 Å². The summed E-state index contributed by atoms with van der Waals surface area (Å²) in [5.74, 6) is -0.257. The number of carbonyl (C=O) groups excluding carboxylic acids is 1. The van der Waals surface area contributed by atoms with Gasteiger partial charge in [-0.15, -0.1) is 0 Å². The molecule has 0 fully saturated rings. The molecule has 0 rings (SSSR count). The van der Waals surface area contributed by atoms with E-state index in [1.165, 1.54) is 23.6 Å². The first-order valence-corrected chi connectivity index (χ1v) is 8.05. The highest BCUT2D eigenvalue weighted by Gasteiger charge is 2.15. The lowest BCUT2D eigenvalue weighted by Gasteiger charge is -2.22. The highest BCUT2D eigenvalue weighted by atomic mass is 16.5. The predicted molar refractivity (Wildman–Crippen MR) is 100 cm³/mol. The maximum atomic E-state index is 10.7. The van der Waals surface area contributed by atoms with Crippen LogP contribution in [0.1, 0.15) is 55.4 Å². The Hall–Kier alpha value is -1.83. The molecular formula is C21H32O2. The lowest BCUT2D eigenvalue weighted by atomic mass is 9.83. The topological polar surface area (TPSA) is 26.3 Å². The molecule has 0 saturated carbocycles. The normalized spacial score (nSPS) is 13.7. The van der Waals surface area contributed by atoms with Crippen molar-refractivity contribution in [2.45, 2.75) is 55.4 Å².